The molecule has 1 aliphatic rings. The van der Waals surface area contributed by atoms with E-state index in [1.165, 1.54) is 0 Å². The molecule has 1 saturated heterocycles. The van der Waals surface area contributed by atoms with Crippen LogP contribution in [0.1, 0.15) is 6.92 Å². The van der Waals surface area contributed by atoms with Crippen LogP contribution in [0.2, 0.25) is 0 Å². The summed E-state index contributed by atoms with van der Waals surface area (Å²) in [5, 5.41) is 0.380. The van der Waals surface area contributed by atoms with Crippen molar-refractivity contribution in [1.82, 2.24) is 0 Å². The highest BCUT2D eigenvalue weighted by molar-refractivity contribution is 8.07. The van der Waals surface area contributed by atoms with Crippen LogP contribution in [0, 0.1) is 0 Å². The molecule has 0 spiro atoms. The van der Waals surface area contributed by atoms with Crippen LogP contribution in [-0.2, 0) is 4.79 Å². The largest absolute Gasteiger partial charge is 0.299 e. The van der Waals surface area contributed by atoms with Gasteiger partial charge < -0.3 is 0 Å². The summed E-state index contributed by atoms with van der Waals surface area (Å²) in [6, 6.07) is 0. The standard InChI is InChI=1S/C4H6OS/c1-3(5)4-2-6-4/h4H,2H2,1H3. The second kappa shape index (κ2) is 1.26. The normalized spacial score (nSPS) is 29.8. The average Bonchev–Trinajstić information content (AvgIpc) is 2.06. The lowest BCUT2D eigenvalue weighted by atomic mass is 10.4. The Morgan fingerprint density at radius 1 is 2.00 bits per heavy atom. The molecule has 0 radical (unpaired) electrons. The third-order valence-electron chi connectivity index (χ3n) is 0.787. The molecular weight excluding hydrogens is 96.1 g/mol. The maximum Gasteiger partial charge on any atom is 0.143 e. The molecule has 1 rings (SSSR count). The molecule has 1 unspecified atom stereocenters. The van der Waals surface area contributed by atoms with Crippen molar-refractivity contribution in [3.05, 3.63) is 0 Å². The lowest BCUT2D eigenvalue weighted by Crippen LogP contribution is -1.95. The van der Waals surface area contributed by atoms with Gasteiger partial charge in [0.1, 0.15) is 5.78 Å². The van der Waals surface area contributed by atoms with Gasteiger partial charge in [0.15, 0.2) is 0 Å². The fourth-order valence-corrected chi connectivity index (χ4v) is 0.848. The summed E-state index contributed by atoms with van der Waals surface area (Å²) < 4.78 is 0. The minimum atomic E-state index is 0.333. The fraction of sp³-hybridized carbons (Fsp3) is 0.750. The van der Waals surface area contributed by atoms with Crippen LogP contribution in [0.15, 0.2) is 0 Å². The molecule has 0 N–H and O–H groups in total. The van der Waals surface area contributed by atoms with Gasteiger partial charge >= 0.3 is 0 Å². The van der Waals surface area contributed by atoms with Gasteiger partial charge in [0.05, 0.1) is 5.25 Å². The molecule has 6 heavy (non-hydrogen) atoms. The van der Waals surface area contributed by atoms with Gasteiger partial charge in [-0.05, 0) is 6.92 Å². The van der Waals surface area contributed by atoms with Crippen LogP contribution in [0.25, 0.3) is 0 Å². The van der Waals surface area contributed by atoms with Crippen LogP contribution in [0.4, 0.5) is 0 Å². The Kier molecular flexibility index (Phi) is 0.880. The molecule has 2 heteroatoms. The Labute approximate surface area is 41.1 Å². The van der Waals surface area contributed by atoms with E-state index in [1.807, 2.05) is 0 Å². The third kappa shape index (κ3) is 0.744. The van der Waals surface area contributed by atoms with Gasteiger partial charge in [-0.3, -0.25) is 4.79 Å². The number of hydrogen-bond acceptors (Lipinski definition) is 2. The van der Waals surface area contributed by atoms with E-state index in [4.69, 9.17) is 0 Å². The third-order valence-corrected chi connectivity index (χ3v) is 1.79. The van der Waals surface area contributed by atoms with Crippen molar-refractivity contribution in [2.24, 2.45) is 0 Å². The average molecular weight is 102 g/mol. The first-order chi connectivity index (χ1) is 2.80. The molecule has 1 aliphatic heterocycles. The number of ketones is 1. The maximum absolute atomic E-state index is 10.2. The first-order valence-corrected chi connectivity index (χ1v) is 2.97. The van der Waals surface area contributed by atoms with Crippen molar-refractivity contribution in [2.75, 3.05) is 5.75 Å². The molecule has 0 bridgehead atoms. The lowest BCUT2D eigenvalue weighted by Gasteiger charge is -1.73. The van der Waals surface area contributed by atoms with E-state index in [9.17, 15) is 4.79 Å². The van der Waals surface area contributed by atoms with Crippen molar-refractivity contribution >= 4 is 17.5 Å². The van der Waals surface area contributed by atoms with Crippen LogP contribution in [0.5, 0.6) is 0 Å². The second-order valence-corrected chi connectivity index (χ2v) is 2.67. The Hall–Kier alpha value is 0.0200. The summed E-state index contributed by atoms with van der Waals surface area (Å²) in [7, 11) is 0. The van der Waals surface area contributed by atoms with Crippen molar-refractivity contribution in [3.8, 4) is 0 Å². The maximum atomic E-state index is 10.2. The van der Waals surface area contributed by atoms with Gasteiger partial charge in [-0.25, -0.2) is 0 Å². The molecule has 1 heterocycles. The predicted molar refractivity (Wildman–Crippen MR) is 26.9 cm³/mol. The monoisotopic (exact) mass is 102 g/mol. The summed E-state index contributed by atoms with van der Waals surface area (Å²) in [5.41, 5.74) is 0. The zero-order valence-corrected chi connectivity index (χ0v) is 4.42. The smallest absolute Gasteiger partial charge is 0.143 e. The van der Waals surface area contributed by atoms with E-state index in [0.717, 1.165) is 5.75 Å². The number of rotatable bonds is 1. The van der Waals surface area contributed by atoms with Crippen molar-refractivity contribution in [2.45, 2.75) is 12.2 Å². The highest BCUT2D eigenvalue weighted by Gasteiger charge is 2.26. The molecule has 1 nitrogen and oxygen atoms in total. The zero-order valence-electron chi connectivity index (χ0n) is 3.60. The number of carbonyl (C=O) groups excluding carboxylic acids is 1. The topological polar surface area (TPSA) is 17.1 Å². The number of carbonyl (C=O) groups is 1. The van der Waals surface area contributed by atoms with E-state index in [2.05, 4.69) is 0 Å². The van der Waals surface area contributed by atoms with Crippen LogP contribution in [0.3, 0.4) is 0 Å². The van der Waals surface area contributed by atoms with Crippen molar-refractivity contribution in [1.29, 1.82) is 0 Å². The molecule has 0 amide bonds. The Morgan fingerprint density at radius 2 is 2.50 bits per heavy atom. The molecule has 0 aromatic rings. The molecule has 34 valence electrons. The molecule has 0 saturated carbocycles. The van der Waals surface area contributed by atoms with Gasteiger partial charge in [0.2, 0.25) is 0 Å². The summed E-state index contributed by atoms with van der Waals surface area (Å²) in [5.74, 6) is 1.40. The first-order valence-electron chi connectivity index (χ1n) is 1.93. The SMILES string of the molecule is CC(=O)C1CS1. The highest BCUT2D eigenvalue weighted by Crippen LogP contribution is 2.30. The minimum Gasteiger partial charge on any atom is -0.299 e. The van der Waals surface area contributed by atoms with E-state index >= 15 is 0 Å². The Bertz CT molecular complexity index is 75.6. The highest BCUT2D eigenvalue weighted by atomic mass is 32.2. The van der Waals surface area contributed by atoms with Crippen LogP contribution < -0.4 is 0 Å². The van der Waals surface area contributed by atoms with Crippen LogP contribution >= 0.6 is 11.8 Å². The molecule has 1 atom stereocenters. The lowest BCUT2D eigenvalue weighted by molar-refractivity contribution is -0.115. The number of hydrogen-bond donors (Lipinski definition) is 0. The van der Waals surface area contributed by atoms with Gasteiger partial charge in [0.25, 0.3) is 0 Å². The second-order valence-electron chi connectivity index (χ2n) is 1.43. The van der Waals surface area contributed by atoms with Gasteiger partial charge in [0, 0.05) is 5.75 Å². The number of Topliss-reactive ketones (excluding diaryl/α,β-unsaturated/α-hetero) is 1. The molecule has 0 aromatic carbocycles. The quantitative estimate of drug-likeness (QED) is 0.453. The molecular formula is C4H6OS. The van der Waals surface area contributed by atoms with Crippen LogP contribution in [-0.4, -0.2) is 16.8 Å². The summed E-state index contributed by atoms with van der Waals surface area (Å²) in [6.45, 7) is 1.64. The summed E-state index contributed by atoms with van der Waals surface area (Å²) in [4.78, 5) is 10.2. The van der Waals surface area contributed by atoms with E-state index < -0.39 is 0 Å². The van der Waals surface area contributed by atoms with Gasteiger partial charge in [-0.2, -0.15) is 0 Å². The van der Waals surface area contributed by atoms with E-state index in [-0.39, 0.29) is 0 Å². The predicted octanol–water partition coefficient (Wildman–Crippen LogP) is 0.691. The molecule has 0 aromatic heterocycles. The number of thioether (sulfide) groups is 1. The fourth-order valence-electron chi connectivity index (χ4n) is 0.283. The molecule has 0 aliphatic carbocycles. The van der Waals surface area contributed by atoms with Crippen molar-refractivity contribution in [3.63, 3.8) is 0 Å². The molecule has 1 fully saturated rings. The Morgan fingerprint density at radius 3 is 2.50 bits per heavy atom. The van der Waals surface area contributed by atoms with E-state index in [1.54, 1.807) is 18.7 Å². The van der Waals surface area contributed by atoms with Crippen molar-refractivity contribution < 1.29 is 4.79 Å². The zero-order chi connectivity index (χ0) is 4.57. The minimum absolute atomic E-state index is 0.333. The first kappa shape index (κ1) is 4.19. The van der Waals surface area contributed by atoms with Gasteiger partial charge in [-0.1, -0.05) is 0 Å². The summed E-state index contributed by atoms with van der Waals surface area (Å²) >= 11 is 1.73. The Balaban J connectivity index is 2.31. The summed E-state index contributed by atoms with van der Waals surface area (Å²) in [6.07, 6.45) is 0. The van der Waals surface area contributed by atoms with E-state index in [0.29, 0.717) is 11.0 Å². The van der Waals surface area contributed by atoms with Gasteiger partial charge in [-0.15, -0.1) is 11.8 Å².